The zero-order valence-electron chi connectivity index (χ0n) is 11.3. The first-order valence-electron chi connectivity index (χ1n) is 7.42. The molecule has 2 aliphatic heterocycles. The number of hydrogen-bond donors (Lipinski definition) is 1. The van der Waals surface area contributed by atoms with Gasteiger partial charge in [0.2, 0.25) is 0 Å². The Morgan fingerprint density at radius 2 is 2.05 bits per heavy atom. The van der Waals surface area contributed by atoms with E-state index in [9.17, 15) is 0 Å². The highest BCUT2D eigenvalue weighted by molar-refractivity contribution is 7.99. The molecule has 2 saturated heterocycles. The van der Waals surface area contributed by atoms with Gasteiger partial charge in [0.25, 0.3) is 0 Å². The van der Waals surface area contributed by atoms with Crippen molar-refractivity contribution in [2.75, 3.05) is 18.1 Å². The van der Waals surface area contributed by atoms with E-state index in [1.165, 1.54) is 54.9 Å². The summed E-state index contributed by atoms with van der Waals surface area (Å²) in [6, 6.07) is 7.45. The maximum Gasteiger partial charge on any atom is 0.0443 e. The van der Waals surface area contributed by atoms with Crippen LogP contribution in [0, 0.1) is 0 Å². The number of nitrogens with one attached hydrogen (secondary N) is 1. The summed E-state index contributed by atoms with van der Waals surface area (Å²) < 4.78 is 0. The van der Waals surface area contributed by atoms with E-state index in [1.807, 2.05) is 0 Å². The Balaban J connectivity index is 1.69. The van der Waals surface area contributed by atoms with Crippen molar-refractivity contribution in [3.8, 4) is 0 Å². The van der Waals surface area contributed by atoms with Gasteiger partial charge < -0.3 is 5.32 Å². The van der Waals surface area contributed by atoms with Crippen LogP contribution < -0.4 is 5.32 Å². The minimum atomic E-state index is 0.660. The van der Waals surface area contributed by atoms with Gasteiger partial charge in [0, 0.05) is 11.1 Å². The lowest BCUT2D eigenvalue weighted by atomic mass is 9.92. The highest BCUT2D eigenvalue weighted by Gasteiger charge is 2.19. The van der Waals surface area contributed by atoms with Crippen LogP contribution in [0.5, 0.6) is 0 Å². The molecular weight excluding hydrogens is 274 g/mol. The molecule has 0 bridgehead atoms. The van der Waals surface area contributed by atoms with Crippen LogP contribution in [0.15, 0.2) is 18.2 Å². The number of thioether (sulfide) groups is 1. The van der Waals surface area contributed by atoms with Gasteiger partial charge in [-0.1, -0.05) is 23.7 Å². The van der Waals surface area contributed by atoms with Crippen molar-refractivity contribution in [3.63, 3.8) is 0 Å². The summed E-state index contributed by atoms with van der Waals surface area (Å²) in [7, 11) is 0. The molecule has 2 aliphatic rings. The topological polar surface area (TPSA) is 12.0 Å². The van der Waals surface area contributed by atoms with E-state index in [4.69, 9.17) is 11.6 Å². The van der Waals surface area contributed by atoms with Crippen LogP contribution in [-0.4, -0.2) is 24.1 Å². The summed E-state index contributed by atoms with van der Waals surface area (Å²) in [6.07, 6.45) is 6.32. The SMILES string of the molecule is Clc1cc(CC2CCCN2)ccc1C1CCSCC1. The molecule has 1 N–H and O–H groups in total. The van der Waals surface area contributed by atoms with E-state index >= 15 is 0 Å². The van der Waals surface area contributed by atoms with Gasteiger partial charge in [0.05, 0.1) is 0 Å². The van der Waals surface area contributed by atoms with Crippen LogP contribution in [0.3, 0.4) is 0 Å². The third kappa shape index (κ3) is 3.48. The maximum atomic E-state index is 6.52. The number of halogens is 1. The van der Waals surface area contributed by atoms with Gasteiger partial charge in [-0.25, -0.2) is 0 Å². The minimum absolute atomic E-state index is 0.660. The van der Waals surface area contributed by atoms with Gasteiger partial charge >= 0.3 is 0 Å². The second-order valence-corrected chi connectivity index (χ2v) is 7.37. The molecule has 0 aliphatic carbocycles. The molecule has 0 aromatic heterocycles. The number of benzene rings is 1. The summed E-state index contributed by atoms with van der Waals surface area (Å²) in [5, 5.41) is 4.55. The van der Waals surface area contributed by atoms with Gasteiger partial charge in [-0.2, -0.15) is 11.8 Å². The van der Waals surface area contributed by atoms with E-state index in [0.29, 0.717) is 12.0 Å². The van der Waals surface area contributed by atoms with E-state index < -0.39 is 0 Å². The fraction of sp³-hybridized carbons (Fsp3) is 0.625. The van der Waals surface area contributed by atoms with Crippen molar-refractivity contribution in [1.82, 2.24) is 5.32 Å². The lowest BCUT2D eigenvalue weighted by molar-refractivity contribution is 0.602. The lowest BCUT2D eigenvalue weighted by Gasteiger charge is -2.23. The Labute approximate surface area is 125 Å². The zero-order valence-corrected chi connectivity index (χ0v) is 12.9. The van der Waals surface area contributed by atoms with Crippen LogP contribution in [0.1, 0.15) is 42.7 Å². The minimum Gasteiger partial charge on any atom is -0.314 e. The van der Waals surface area contributed by atoms with E-state index in [0.717, 1.165) is 11.4 Å². The molecule has 0 saturated carbocycles. The summed E-state index contributed by atoms with van der Waals surface area (Å²) in [5.74, 6) is 3.26. The summed E-state index contributed by atoms with van der Waals surface area (Å²) in [4.78, 5) is 0. The van der Waals surface area contributed by atoms with Crippen LogP contribution in [0.25, 0.3) is 0 Å². The van der Waals surface area contributed by atoms with Crippen molar-refractivity contribution in [2.24, 2.45) is 0 Å². The van der Waals surface area contributed by atoms with Gasteiger partial charge in [-0.05, 0) is 73.3 Å². The van der Waals surface area contributed by atoms with Gasteiger partial charge in [-0.15, -0.1) is 0 Å². The van der Waals surface area contributed by atoms with Gasteiger partial charge in [0.15, 0.2) is 0 Å². The molecule has 1 nitrogen and oxygen atoms in total. The number of rotatable bonds is 3. The standard InChI is InChI=1S/C16H22ClNS/c17-16-11-12(10-14-2-1-7-18-14)3-4-15(16)13-5-8-19-9-6-13/h3-4,11,13-14,18H,1-2,5-10H2. The Bertz CT molecular complexity index is 423. The molecule has 3 rings (SSSR count). The monoisotopic (exact) mass is 295 g/mol. The molecule has 2 heterocycles. The van der Waals surface area contributed by atoms with Crippen molar-refractivity contribution in [3.05, 3.63) is 34.3 Å². The zero-order chi connectivity index (χ0) is 13.1. The van der Waals surface area contributed by atoms with Crippen LogP contribution in [0.4, 0.5) is 0 Å². The normalized spacial score (nSPS) is 24.8. The Morgan fingerprint density at radius 1 is 1.21 bits per heavy atom. The van der Waals surface area contributed by atoms with Gasteiger partial charge in [-0.3, -0.25) is 0 Å². The molecule has 1 unspecified atom stereocenters. The lowest BCUT2D eigenvalue weighted by Crippen LogP contribution is -2.23. The molecular formula is C16H22ClNS. The molecule has 2 fully saturated rings. The van der Waals surface area contributed by atoms with Crippen LogP contribution in [-0.2, 0) is 6.42 Å². The fourth-order valence-electron chi connectivity index (χ4n) is 3.25. The molecule has 1 aromatic carbocycles. The van der Waals surface area contributed by atoms with Crippen molar-refractivity contribution < 1.29 is 0 Å². The van der Waals surface area contributed by atoms with Crippen LogP contribution >= 0.6 is 23.4 Å². The fourth-order valence-corrected chi connectivity index (χ4v) is 4.72. The first-order valence-corrected chi connectivity index (χ1v) is 8.95. The Hall–Kier alpha value is -0.180. The molecule has 0 spiro atoms. The maximum absolute atomic E-state index is 6.52. The molecule has 19 heavy (non-hydrogen) atoms. The average Bonchev–Trinajstić information content (AvgIpc) is 2.93. The first kappa shape index (κ1) is 13.8. The molecule has 3 heteroatoms. The van der Waals surface area contributed by atoms with Crippen LogP contribution in [0.2, 0.25) is 5.02 Å². The number of hydrogen-bond acceptors (Lipinski definition) is 2. The summed E-state index contributed by atoms with van der Waals surface area (Å²) >= 11 is 8.59. The van der Waals surface area contributed by atoms with Crippen molar-refractivity contribution in [1.29, 1.82) is 0 Å². The predicted molar refractivity (Wildman–Crippen MR) is 85.5 cm³/mol. The highest BCUT2D eigenvalue weighted by atomic mass is 35.5. The Morgan fingerprint density at radius 3 is 2.74 bits per heavy atom. The van der Waals surface area contributed by atoms with E-state index in [1.54, 1.807) is 0 Å². The second-order valence-electron chi connectivity index (χ2n) is 5.74. The molecule has 104 valence electrons. The summed E-state index contributed by atoms with van der Waals surface area (Å²) in [6.45, 7) is 1.18. The van der Waals surface area contributed by atoms with E-state index in [-0.39, 0.29) is 0 Å². The first-order chi connectivity index (χ1) is 9.33. The Kier molecular flexibility index (Phi) is 4.73. The molecule has 0 radical (unpaired) electrons. The smallest absolute Gasteiger partial charge is 0.0443 e. The largest absolute Gasteiger partial charge is 0.314 e. The van der Waals surface area contributed by atoms with Crippen molar-refractivity contribution >= 4 is 23.4 Å². The van der Waals surface area contributed by atoms with Gasteiger partial charge in [0.1, 0.15) is 0 Å². The van der Waals surface area contributed by atoms with Crippen molar-refractivity contribution in [2.45, 2.75) is 44.1 Å². The second kappa shape index (κ2) is 6.51. The molecule has 0 amide bonds. The third-order valence-electron chi connectivity index (χ3n) is 4.37. The molecule has 1 atom stereocenters. The molecule has 1 aromatic rings. The highest BCUT2D eigenvalue weighted by Crippen LogP contribution is 2.35. The quantitative estimate of drug-likeness (QED) is 0.895. The average molecular weight is 296 g/mol. The third-order valence-corrected chi connectivity index (χ3v) is 5.75. The van der Waals surface area contributed by atoms with E-state index in [2.05, 4.69) is 35.3 Å². The predicted octanol–water partition coefficient (Wildman–Crippen LogP) is 4.25. The summed E-state index contributed by atoms with van der Waals surface area (Å²) in [5.41, 5.74) is 2.77.